The molecule has 1 aromatic heterocycles. The predicted molar refractivity (Wildman–Crippen MR) is 139 cm³/mol. The number of rotatable bonds is 3. The van der Waals surface area contributed by atoms with Gasteiger partial charge in [-0.05, 0) is 5.39 Å². The standard InChI is InChI=1S/C29H24GeN2/c1-30(2,3)25-12-9-20(10-13-25)21-11-14-27-23(17-21)15-16-32-29(27)24-18-22-7-5-6-8-26(22)28(19-24)31-4/h5-19H,1-3H3. The van der Waals surface area contributed by atoms with Gasteiger partial charge in [0.15, 0.2) is 0 Å². The zero-order valence-corrected chi connectivity index (χ0v) is 20.7. The summed E-state index contributed by atoms with van der Waals surface area (Å²) in [6.07, 6.45) is 1.87. The molecule has 0 saturated heterocycles. The number of benzene rings is 4. The fourth-order valence-corrected chi connectivity index (χ4v) is 6.72. The summed E-state index contributed by atoms with van der Waals surface area (Å²) in [4.78, 5) is 8.47. The summed E-state index contributed by atoms with van der Waals surface area (Å²) in [6, 6.07) is 29.9. The van der Waals surface area contributed by atoms with Gasteiger partial charge in [0.25, 0.3) is 0 Å². The SMILES string of the molecule is [C-]#[N+]c1cc(-c2nccc3cc(-c4cc[c]([Ge]([CH3])([CH3])[CH3])cc4)ccc23)cc2ccccc12. The maximum atomic E-state index is 7.63. The Labute approximate surface area is 191 Å². The third-order valence-electron chi connectivity index (χ3n) is 6.08. The van der Waals surface area contributed by atoms with Gasteiger partial charge in [-0.15, -0.1) is 0 Å². The molecule has 0 radical (unpaired) electrons. The normalized spacial score (nSPS) is 11.6. The van der Waals surface area contributed by atoms with Crippen LogP contribution in [0.3, 0.4) is 0 Å². The molecule has 32 heavy (non-hydrogen) atoms. The molecule has 0 aliphatic heterocycles. The molecule has 0 spiro atoms. The van der Waals surface area contributed by atoms with Crippen molar-refractivity contribution in [2.45, 2.75) is 17.3 Å². The van der Waals surface area contributed by atoms with Gasteiger partial charge in [0.2, 0.25) is 0 Å². The van der Waals surface area contributed by atoms with Crippen LogP contribution in [0.15, 0.2) is 91.1 Å². The molecular formula is C29H24GeN2. The molecule has 0 unspecified atom stereocenters. The minimum Gasteiger partial charge on any atom is -0.0649 e. The fraction of sp³-hybridized carbons (Fsp3) is 0.103. The molecule has 0 bridgehead atoms. The smallest absolute Gasteiger partial charge is 0.0649 e. The first-order chi connectivity index (χ1) is 15.4. The second-order valence-corrected chi connectivity index (χ2v) is 19.9. The van der Waals surface area contributed by atoms with Gasteiger partial charge >= 0.3 is 151 Å². The van der Waals surface area contributed by atoms with Crippen molar-refractivity contribution in [1.29, 1.82) is 0 Å². The van der Waals surface area contributed by atoms with Crippen molar-refractivity contribution in [1.82, 2.24) is 4.98 Å². The van der Waals surface area contributed by atoms with Crippen LogP contribution in [-0.2, 0) is 0 Å². The number of hydrogen-bond acceptors (Lipinski definition) is 1. The van der Waals surface area contributed by atoms with Gasteiger partial charge in [0.05, 0.1) is 6.57 Å². The van der Waals surface area contributed by atoms with E-state index in [1.807, 2.05) is 30.5 Å². The van der Waals surface area contributed by atoms with Crippen LogP contribution in [0.4, 0.5) is 5.69 Å². The Bertz CT molecular complexity index is 1500. The Hall–Kier alpha value is -3.42. The number of pyridine rings is 1. The second-order valence-electron chi connectivity index (χ2n) is 9.25. The molecule has 3 heteroatoms. The van der Waals surface area contributed by atoms with Crippen molar-refractivity contribution in [3.05, 3.63) is 103 Å². The van der Waals surface area contributed by atoms with Gasteiger partial charge < -0.3 is 0 Å². The summed E-state index contributed by atoms with van der Waals surface area (Å²) in [5.74, 6) is 7.27. The zero-order valence-electron chi connectivity index (χ0n) is 18.6. The molecule has 0 saturated carbocycles. The second kappa shape index (κ2) is 7.93. The summed E-state index contributed by atoms with van der Waals surface area (Å²) in [5.41, 5.74) is 5.01. The molecule has 1 heterocycles. The van der Waals surface area contributed by atoms with Gasteiger partial charge in [-0.25, -0.2) is 4.85 Å². The average Bonchev–Trinajstić information content (AvgIpc) is 2.82. The maximum absolute atomic E-state index is 7.63. The molecule has 5 rings (SSSR count). The van der Waals surface area contributed by atoms with E-state index in [0.717, 1.165) is 32.8 Å². The van der Waals surface area contributed by atoms with Gasteiger partial charge in [-0.3, -0.25) is 0 Å². The first kappa shape index (κ1) is 20.5. The van der Waals surface area contributed by atoms with Crippen LogP contribution < -0.4 is 4.40 Å². The van der Waals surface area contributed by atoms with E-state index in [0.29, 0.717) is 5.69 Å². The van der Waals surface area contributed by atoms with Gasteiger partial charge in [-0.1, -0.05) is 24.3 Å². The van der Waals surface area contributed by atoms with Crippen LogP contribution in [0.5, 0.6) is 0 Å². The molecule has 0 aliphatic rings. The first-order valence-corrected chi connectivity index (χ1v) is 18.2. The molecule has 4 aromatic carbocycles. The first-order valence-electron chi connectivity index (χ1n) is 10.8. The molecule has 0 amide bonds. The van der Waals surface area contributed by atoms with Crippen LogP contribution in [0, 0.1) is 6.57 Å². The molecule has 154 valence electrons. The van der Waals surface area contributed by atoms with Gasteiger partial charge in [0, 0.05) is 0 Å². The monoisotopic (exact) mass is 474 g/mol. The third-order valence-corrected chi connectivity index (χ3v) is 10.4. The van der Waals surface area contributed by atoms with Crippen molar-refractivity contribution < 1.29 is 0 Å². The van der Waals surface area contributed by atoms with E-state index in [1.165, 1.54) is 15.5 Å². The average molecular weight is 473 g/mol. The minimum atomic E-state index is -1.81. The van der Waals surface area contributed by atoms with Gasteiger partial charge in [-0.2, -0.15) is 0 Å². The van der Waals surface area contributed by atoms with Crippen LogP contribution >= 0.6 is 0 Å². The Morgan fingerprint density at radius 2 is 1.38 bits per heavy atom. The van der Waals surface area contributed by atoms with E-state index >= 15 is 0 Å². The fourth-order valence-electron chi connectivity index (χ4n) is 4.27. The van der Waals surface area contributed by atoms with E-state index in [2.05, 4.69) is 82.8 Å². The topological polar surface area (TPSA) is 17.2 Å². The van der Waals surface area contributed by atoms with Crippen LogP contribution in [-0.4, -0.2) is 18.3 Å². The van der Waals surface area contributed by atoms with Crippen LogP contribution in [0.2, 0.25) is 17.3 Å². The molecule has 0 fully saturated rings. The minimum absolute atomic E-state index is 0.664. The van der Waals surface area contributed by atoms with E-state index in [4.69, 9.17) is 11.6 Å². The predicted octanol–water partition coefficient (Wildman–Crippen LogP) is 7.82. The molecular weight excluding hydrogens is 449 g/mol. The van der Waals surface area contributed by atoms with Crippen LogP contribution in [0.1, 0.15) is 0 Å². The Kier molecular flexibility index (Phi) is 5.07. The van der Waals surface area contributed by atoms with E-state index in [1.54, 1.807) is 0 Å². The third kappa shape index (κ3) is 3.70. The van der Waals surface area contributed by atoms with E-state index < -0.39 is 13.3 Å². The summed E-state index contributed by atoms with van der Waals surface area (Å²) in [7, 11) is 0. The van der Waals surface area contributed by atoms with Crippen LogP contribution in [0.25, 0.3) is 48.8 Å². The molecule has 0 aliphatic carbocycles. The summed E-state index contributed by atoms with van der Waals surface area (Å²) < 4.78 is 1.52. The zero-order chi connectivity index (χ0) is 22.3. The number of fused-ring (bicyclic) bond motifs is 2. The molecule has 5 aromatic rings. The van der Waals surface area contributed by atoms with Crippen molar-refractivity contribution in [2.75, 3.05) is 0 Å². The molecule has 0 N–H and O–H groups in total. The molecule has 0 atom stereocenters. The van der Waals surface area contributed by atoms with Crippen molar-refractivity contribution in [2.24, 2.45) is 0 Å². The van der Waals surface area contributed by atoms with Crippen molar-refractivity contribution in [3.63, 3.8) is 0 Å². The van der Waals surface area contributed by atoms with Crippen molar-refractivity contribution >= 4 is 44.9 Å². The Morgan fingerprint density at radius 1 is 0.688 bits per heavy atom. The summed E-state index contributed by atoms with van der Waals surface area (Å²) in [6.45, 7) is 7.63. The van der Waals surface area contributed by atoms with E-state index in [9.17, 15) is 0 Å². The quantitative estimate of drug-likeness (QED) is 0.193. The Morgan fingerprint density at radius 3 is 2.12 bits per heavy atom. The van der Waals surface area contributed by atoms with Crippen molar-refractivity contribution in [3.8, 4) is 22.4 Å². The number of nitrogens with zero attached hydrogens (tertiary/aromatic N) is 2. The molecule has 2 nitrogen and oxygen atoms in total. The van der Waals surface area contributed by atoms with Gasteiger partial charge in [0.1, 0.15) is 0 Å². The Balaban J connectivity index is 1.62. The summed E-state index contributed by atoms with van der Waals surface area (Å²) in [5, 5.41) is 4.30. The summed E-state index contributed by atoms with van der Waals surface area (Å²) >= 11 is -1.81. The number of aromatic nitrogens is 1. The number of hydrogen-bond donors (Lipinski definition) is 0. The van der Waals surface area contributed by atoms with E-state index in [-0.39, 0.29) is 0 Å².